The number of pyridine rings is 1. The van der Waals surface area contributed by atoms with Gasteiger partial charge in [0.05, 0.1) is 22.2 Å². The molecule has 11 heteroatoms. The second kappa shape index (κ2) is 11.0. The number of carbonyl (C=O) groups is 1. The van der Waals surface area contributed by atoms with Gasteiger partial charge in [-0.1, -0.05) is 29.3 Å². The topological polar surface area (TPSA) is 107 Å². The van der Waals surface area contributed by atoms with Gasteiger partial charge in [0.15, 0.2) is 0 Å². The molecule has 1 fully saturated rings. The number of β-amino-alcohol motifs (C(OH)–C–C–N with tert-alkyl or cyclic N) is 1. The summed E-state index contributed by atoms with van der Waals surface area (Å²) in [5, 5.41) is 15.7. The highest BCUT2D eigenvalue weighted by Gasteiger charge is 2.19. The van der Waals surface area contributed by atoms with E-state index in [1.54, 1.807) is 36.5 Å². The van der Waals surface area contributed by atoms with Crippen molar-refractivity contribution in [1.82, 2.24) is 19.9 Å². The summed E-state index contributed by atoms with van der Waals surface area (Å²) in [4.78, 5) is 30.5. The van der Waals surface area contributed by atoms with Crippen LogP contribution >= 0.6 is 23.2 Å². The number of halogens is 2. The standard InChI is InChI=1S/C23H25Cl2N7O2/c1-15-27-20(14-21(28-15)32-9-7-31(8-10-32)11-12-33)30-19-13-16(5-6-26-19)29-23(34)22-17(24)3-2-4-18(22)25/h2-6,13-14,33H,7-12H2,1H3,(H2,26,27,28,29,30,34). The molecule has 9 nitrogen and oxygen atoms in total. The fourth-order valence-electron chi connectivity index (χ4n) is 3.74. The van der Waals surface area contributed by atoms with Gasteiger partial charge < -0.3 is 20.6 Å². The van der Waals surface area contributed by atoms with Gasteiger partial charge in [-0.05, 0) is 25.1 Å². The molecule has 0 atom stereocenters. The predicted octanol–water partition coefficient (Wildman–Crippen LogP) is 3.60. The summed E-state index contributed by atoms with van der Waals surface area (Å²) in [7, 11) is 0. The lowest BCUT2D eigenvalue weighted by molar-refractivity contribution is 0.102. The number of aliphatic hydroxyl groups excluding tert-OH is 1. The number of anilines is 4. The smallest absolute Gasteiger partial charge is 0.258 e. The van der Waals surface area contributed by atoms with Crippen LogP contribution in [0.15, 0.2) is 42.6 Å². The Balaban J connectivity index is 1.46. The van der Waals surface area contributed by atoms with Gasteiger partial charge in [-0.25, -0.2) is 15.0 Å². The molecule has 0 bridgehead atoms. The number of benzene rings is 1. The molecule has 1 saturated heterocycles. The summed E-state index contributed by atoms with van der Waals surface area (Å²) in [5.74, 6) is 2.17. The first-order chi connectivity index (χ1) is 16.4. The van der Waals surface area contributed by atoms with Crippen molar-refractivity contribution in [2.45, 2.75) is 6.92 Å². The van der Waals surface area contributed by atoms with Crippen LogP contribution in [0.2, 0.25) is 10.0 Å². The Morgan fingerprint density at radius 1 is 1.06 bits per heavy atom. The Kier molecular flexibility index (Phi) is 7.79. The van der Waals surface area contributed by atoms with Crippen LogP contribution in [0.1, 0.15) is 16.2 Å². The van der Waals surface area contributed by atoms with E-state index >= 15 is 0 Å². The van der Waals surface area contributed by atoms with E-state index in [9.17, 15) is 4.79 Å². The molecule has 3 N–H and O–H groups in total. The lowest BCUT2D eigenvalue weighted by atomic mass is 10.2. The first-order valence-electron chi connectivity index (χ1n) is 10.9. The fraction of sp³-hybridized carbons (Fsp3) is 0.304. The Hall–Kier alpha value is -2.98. The molecule has 1 amide bonds. The third-order valence-electron chi connectivity index (χ3n) is 5.40. The van der Waals surface area contributed by atoms with E-state index in [-0.39, 0.29) is 22.2 Å². The van der Waals surface area contributed by atoms with Crippen molar-refractivity contribution >= 4 is 52.3 Å². The molecule has 3 heterocycles. The molecule has 3 aromatic rings. The molecule has 1 aliphatic heterocycles. The van der Waals surface area contributed by atoms with E-state index < -0.39 is 5.91 Å². The molecule has 0 radical (unpaired) electrons. The van der Waals surface area contributed by atoms with Crippen molar-refractivity contribution in [3.05, 3.63) is 64.0 Å². The summed E-state index contributed by atoms with van der Waals surface area (Å²) in [6.45, 7) is 6.06. The monoisotopic (exact) mass is 501 g/mol. The van der Waals surface area contributed by atoms with Gasteiger partial charge in [0, 0.05) is 56.7 Å². The number of hydrogen-bond donors (Lipinski definition) is 3. The molecule has 0 saturated carbocycles. The first-order valence-corrected chi connectivity index (χ1v) is 11.6. The highest BCUT2D eigenvalue weighted by molar-refractivity contribution is 6.40. The minimum atomic E-state index is -0.409. The lowest BCUT2D eigenvalue weighted by Crippen LogP contribution is -2.47. The van der Waals surface area contributed by atoms with Crippen molar-refractivity contribution in [3.63, 3.8) is 0 Å². The van der Waals surface area contributed by atoms with Gasteiger partial charge in [0.1, 0.15) is 23.3 Å². The molecular formula is C23H25Cl2N7O2. The predicted molar refractivity (Wildman–Crippen MR) is 134 cm³/mol. The summed E-state index contributed by atoms with van der Waals surface area (Å²) >= 11 is 12.3. The number of nitrogens with one attached hydrogen (secondary N) is 2. The van der Waals surface area contributed by atoms with Crippen molar-refractivity contribution in [3.8, 4) is 0 Å². The second-order valence-corrected chi connectivity index (χ2v) is 8.63. The molecule has 0 unspecified atom stereocenters. The van der Waals surface area contributed by atoms with Crippen LogP contribution < -0.4 is 15.5 Å². The van der Waals surface area contributed by atoms with Gasteiger partial charge >= 0.3 is 0 Å². The minimum absolute atomic E-state index is 0.165. The summed E-state index contributed by atoms with van der Waals surface area (Å²) in [5.41, 5.74) is 0.747. The zero-order valence-corrected chi connectivity index (χ0v) is 20.1. The number of hydrogen-bond acceptors (Lipinski definition) is 8. The maximum Gasteiger partial charge on any atom is 0.258 e. The SMILES string of the molecule is Cc1nc(Nc2cc(NC(=O)c3c(Cl)cccc3Cl)ccn2)cc(N2CCN(CCO)CC2)n1. The van der Waals surface area contributed by atoms with Crippen LogP contribution in [-0.4, -0.2) is 70.2 Å². The molecule has 0 aliphatic carbocycles. The maximum absolute atomic E-state index is 12.7. The maximum atomic E-state index is 12.7. The quantitative estimate of drug-likeness (QED) is 0.450. The van der Waals surface area contributed by atoms with Crippen LogP contribution in [-0.2, 0) is 0 Å². The third kappa shape index (κ3) is 5.92. The van der Waals surface area contributed by atoms with Crippen LogP contribution in [0.25, 0.3) is 0 Å². The Bertz CT molecular complexity index is 1150. The minimum Gasteiger partial charge on any atom is -0.395 e. The van der Waals surface area contributed by atoms with Crippen LogP contribution in [0.4, 0.5) is 23.1 Å². The molecule has 2 aromatic heterocycles. The van der Waals surface area contributed by atoms with Crippen molar-refractivity contribution < 1.29 is 9.90 Å². The number of rotatable bonds is 7. The summed E-state index contributed by atoms with van der Waals surface area (Å²) < 4.78 is 0. The Morgan fingerprint density at radius 2 is 1.79 bits per heavy atom. The molecular weight excluding hydrogens is 477 g/mol. The van der Waals surface area contributed by atoms with E-state index in [1.807, 2.05) is 13.0 Å². The van der Waals surface area contributed by atoms with Crippen LogP contribution in [0.5, 0.6) is 0 Å². The van der Waals surface area contributed by atoms with E-state index in [2.05, 4.69) is 35.4 Å². The molecule has 178 valence electrons. The number of piperazine rings is 1. The van der Waals surface area contributed by atoms with Crippen molar-refractivity contribution in [1.29, 1.82) is 0 Å². The van der Waals surface area contributed by atoms with Gasteiger partial charge in [0.2, 0.25) is 0 Å². The normalized spacial score (nSPS) is 14.2. The zero-order valence-electron chi connectivity index (χ0n) is 18.6. The van der Waals surface area contributed by atoms with E-state index in [0.29, 0.717) is 29.7 Å². The number of aryl methyl sites for hydroxylation is 1. The highest BCUT2D eigenvalue weighted by Crippen LogP contribution is 2.26. The molecule has 34 heavy (non-hydrogen) atoms. The largest absolute Gasteiger partial charge is 0.395 e. The molecule has 1 aromatic carbocycles. The first kappa shape index (κ1) is 24.2. The highest BCUT2D eigenvalue weighted by atomic mass is 35.5. The lowest BCUT2D eigenvalue weighted by Gasteiger charge is -2.35. The van der Waals surface area contributed by atoms with Crippen LogP contribution in [0.3, 0.4) is 0 Å². The van der Waals surface area contributed by atoms with Crippen molar-refractivity contribution in [2.75, 3.05) is 54.9 Å². The van der Waals surface area contributed by atoms with Gasteiger partial charge in [-0.3, -0.25) is 9.69 Å². The van der Waals surface area contributed by atoms with Gasteiger partial charge in [-0.15, -0.1) is 0 Å². The number of aliphatic hydroxyl groups is 1. The zero-order chi connectivity index (χ0) is 24.1. The Labute approximate surface area is 207 Å². The van der Waals surface area contributed by atoms with Crippen molar-refractivity contribution in [2.24, 2.45) is 0 Å². The number of carbonyl (C=O) groups excluding carboxylic acids is 1. The summed E-state index contributed by atoms with van der Waals surface area (Å²) in [6, 6.07) is 10.2. The second-order valence-electron chi connectivity index (χ2n) is 7.82. The van der Waals surface area contributed by atoms with Gasteiger partial charge in [0.25, 0.3) is 5.91 Å². The van der Waals surface area contributed by atoms with E-state index in [1.165, 1.54) is 0 Å². The number of amides is 1. The summed E-state index contributed by atoms with van der Waals surface area (Å²) in [6.07, 6.45) is 1.58. The molecule has 4 rings (SSSR count). The molecule has 0 spiro atoms. The average molecular weight is 502 g/mol. The van der Waals surface area contributed by atoms with E-state index in [4.69, 9.17) is 28.3 Å². The van der Waals surface area contributed by atoms with Crippen LogP contribution in [0, 0.1) is 6.92 Å². The average Bonchev–Trinajstić information content (AvgIpc) is 2.79. The van der Waals surface area contributed by atoms with Gasteiger partial charge in [-0.2, -0.15) is 0 Å². The Morgan fingerprint density at radius 3 is 2.50 bits per heavy atom. The van der Waals surface area contributed by atoms with E-state index in [0.717, 1.165) is 32.0 Å². The number of aromatic nitrogens is 3. The fourth-order valence-corrected chi connectivity index (χ4v) is 4.31. The molecule has 1 aliphatic rings. The third-order valence-corrected chi connectivity index (χ3v) is 6.03. The number of nitrogens with zero attached hydrogens (tertiary/aromatic N) is 5.